The molecule has 0 saturated carbocycles. The molecule has 8 nitrogen and oxygen atoms in total. The van der Waals surface area contributed by atoms with Crippen molar-refractivity contribution in [1.29, 1.82) is 0 Å². The van der Waals surface area contributed by atoms with Gasteiger partial charge in [-0.05, 0) is 60.7 Å². The smallest absolute Gasteiger partial charge is 0.430 e. The van der Waals surface area contributed by atoms with Gasteiger partial charge in [-0.25, -0.2) is 4.98 Å². The normalized spacial score (nSPS) is 15.7. The predicted molar refractivity (Wildman–Crippen MR) is 144 cm³/mol. The molecule has 11 heteroatoms. The van der Waals surface area contributed by atoms with Gasteiger partial charge in [0.2, 0.25) is 0 Å². The number of alkyl halides is 3. The van der Waals surface area contributed by atoms with Crippen LogP contribution in [0.2, 0.25) is 0 Å². The van der Waals surface area contributed by atoms with E-state index in [-0.39, 0.29) is 23.3 Å². The van der Waals surface area contributed by atoms with Crippen LogP contribution in [0.25, 0.3) is 0 Å². The molecule has 4 rings (SSSR count). The third-order valence-electron chi connectivity index (χ3n) is 7.09. The molecule has 3 aromatic rings. The first kappa shape index (κ1) is 28.9. The third-order valence-corrected chi connectivity index (χ3v) is 7.09. The molecule has 1 atom stereocenters. The predicted octanol–water partition coefficient (Wildman–Crippen LogP) is 4.56. The molecule has 2 N–H and O–H groups in total. The lowest BCUT2D eigenvalue weighted by Gasteiger charge is -2.33. The molecule has 1 unspecified atom stereocenters. The van der Waals surface area contributed by atoms with Crippen molar-refractivity contribution in [2.45, 2.75) is 30.5 Å². The number of aromatic nitrogens is 1. The van der Waals surface area contributed by atoms with Gasteiger partial charge in [0.15, 0.2) is 0 Å². The number of carbonyl (C=O) groups is 2. The Bertz CT molecular complexity index is 1340. The molecule has 212 valence electrons. The molecule has 1 aromatic heterocycles. The number of halogens is 3. The molecule has 2 amide bonds. The van der Waals surface area contributed by atoms with E-state index in [1.165, 1.54) is 36.3 Å². The van der Waals surface area contributed by atoms with Crippen molar-refractivity contribution in [2.24, 2.45) is 0 Å². The number of methoxy groups -OCH3 is 1. The van der Waals surface area contributed by atoms with Crippen LogP contribution in [0.4, 0.5) is 24.7 Å². The highest BCUT2D eigenvalue weighted by Gasteiger charge is 2.61. The van der Waals surface area contributed by atoms with E-state index in [4.69, 9.17) is 4.74 Å². The molecule has 2 aromatic carbocycles. The summed E-state index contributed by atoms with van der Waals surface area (Å²) in [7, 11) is 4.65. The Kier molecular flexibility index (Phi) is 8.34. The van der Waals surface area contributed by atoms with Crippen LogP contribution in [0.1, 0.15) is 40.2 Å². The van der Waals surface area contributed by atoms with Gasteiger partial charge in [0.25, 0.3) is 17.4 Å². The van der Waals surface area contributed by atoms with Crippen molar-refractivity contribution in [3.63, 3.8) is 0 Å². The minimum Gasteiger partial charge on any atom is -0.497 e. The largest absolute Gasteiger partial charge is 0.497 e. The number of rotatable bonds is 7. The van der Waals surface area contributed by atoms with Crippen LogP contribution in [0.5, 0.6) is 5.75 Å². The van der Waals surface area contributed by atoms with Gasteiger partial charge in [-0.2, -0.15) is 13.2 Å². The van der Waals surface area contributed by atoms with E-state index < -0.39 is 23.2 Å². The Balaban J connectivity index is 1.40. The van der Waals surface area contributed by atoms with Crippen LogP contribution in [-0.4, -0.2) is 67.3 Å². The minimum absolute atomic E-state index is 0.0793. The maximum atomic E-state index is 14.0. The maximum Gasteiger partial charge on any atom is 0.430 e. The van der Waals surface area contributed by atoms with Gasteiger partial charge in [-0.3, -0.25) is 9.59 Å². The lowest BCUT2D eigenvalue weighted by atomic mass is 9.89. The van der Waals surface area contributed by atoms with Crippen LogP contribution in [0, 0.1) is 0 Å². The van der Waals surface area contributed by atoms with Crippen LogP contribution < -0.4 is 15.0 Å². The number of piperidine rings is 1. The van der Waals surface area contributed by atoms with Crippen molar-refractivity contribution in [2.75, 3.05) is 44.5 Å². The molecule has 1 aliphatic rings. The summed E-state index contributed by atoms with van der Waals surface area (Å²) in [6.07, 6.45) is -2.04. The number of amides is 2. The SMILES string of the molecule is COc1cccc(C(O)(C(=O)Nc2ccc(C3CCN(c4ccc(C(=O)N(C)C)cn4)CC3)cc2)C(F)(F)F)c1. The summed E-state index contributed by atoms with van der Waals surface area (Å²) in [5, 5.41) is 12.8. The summed E-state index contributed by atoms with van der Waals surface area (Å²) >= 11 is 0. The fourth-order valence-corrected chi connectivity index (χ4v) is 4.73. The second kappa shape index (κ2) is 11.5. The van der Waals surface area contributed by atoms with E-state index in [1.54, 1.807) is 38.5 Å². The number of carbonyl (C=O) groups excluding carboxylic acids is 2. The summed E-state index contributed by atoms with van der Waals surface area (Å²) in [6.45, 7) is 1.49. The van der Waals surface area contributed by atoms with E-state index in [2.05, 4.69) is 15.2 Å². The van der Waals surface area contributed by atoms with Crippen LogP contribution in [0.3, 0.4) is 0 Å². The highest BCUT2D eigenvalue weighted by atomic mass is 19.4. The summed E-state index contributed by atoms with van der Waals surface area (Å²) in [4.78, 5) is 32.9. The standard InChI is InChI=1S/C29H31F3N4O4/c1-35(2)26(37)21-9-12-25(33-18-21)36-15-13-20(14-16-36)19-7-10-23(11-8-19)34-27(38)28(39,29(30,31)32)22-5-4-6-24(17-22)40-3/h4-12,17-18,20,39H,13-16H2,1-3H3,(H,34,38). The van der Waals surface area contributed by atoms with Gasteiger partial charge in [0.05, 0.1) is 12.7 Å². The Morgan fingerprint density at radius 2 is 1.73 bits per heavy atom. The molecule has 1 fully saturated rings. The number of benzene rings is 2. The Morgan fingerprint density at radius 3 is 2.27 bits per heavy atom. The Labute approximate surface area is 230 Å². The van der Waals surface area contributed by atoms with Crippen molar-refractivity contribution in [3.8, 4) is 5.75 Å². The first-order chi connectivity index (χ1) is 18.9. The zero-order chi connectivity index (χ0) is 29.1. The van der Waals surface area contributed by atoms with Gasteiger partial charge in [-0.1, -0.05) is 24.3 Å². The van der Waals surface area contributed by atoms with Crippen LogP contribution in [-0.2, 0) is 10.4 Å². The zero-order valence-corrected chi connectivity index (χ0v) is 22.4. The quantitative estimate of drug-likeness (QED) is 0.443. The minimum atomic E-state index is -5.27. The number of hydrogen-bond donors (Lipinski definition) is 2. The van der Waals surface area contributed by atoms with Gasteiger partial charge >= 0.3 is 6.18 Å². The van der Waals surface area contributed by atoms with Crippen LogP contribution in [0.15, 0.2) is 66.9 Å². The molecular formula is C29H31F3N4O4. The molecule has 0 aliphatic carbocycles. The van der Waals surface area contributed by atoms with E-state index >= 15 is 0 Å². The van der Waals surface area contributed by atoms with Gasteiger partial charge < -0.3 is 25.0 Å². The highest BCUT2D eigenvalue weighted by Crippen LogP contribution is 2.41. The molecule has 0 radical (unpaired) electrons. The second-order valence-electron chi connectivity index (χ2n) is 9.88. The fourth-order valence-electron chi connectivity index (χ4n) is 4.73. The van der Waals surface area contributed by atoms with Gasteiger partial charge in [-0.15, -0.1) is 0 Å². The zero-order valence-electron chi connectivity index (χ0n) is 22.4. The highest BCUT2D eigenvalue weighted by molar-refractivity contribution is 5.98. The summed E-state index contributed by atoms with van der Waals surface area (Å²) < 4.78 is 46.8. The average molecular weight is 557 g/mol. The first-order valence-electron chi connectivity index (χ1n) is 12.7. The van der Waals surface area contributed by atoms with E-state index in [0.717, 1.165) is 49.4 Å². The molecule has 0 spiro atoms. The topological polar surface area (TPSA) is 95.0 Å². The molecular weight excluding hydrogens is 525 g/mol. The lowest BCUT2D eigenvalue weighted by molar-refractivity contribution is -0.254. The average Bonchev–Trinajstić information content (AvgIpc) is 2.96. The monoisotopic (exact) mass is 556 g/mol. The first-order valence-corrected chi connectivity index (χ1v) is 12.7. The molecule has 2 heterocycles. The van der Waals surface area contributed by atoms with E-state index in [9.17, 15) is 27.9 Å². The van der Waals surface area contributed by atoms with Crippen molar-refractivity contribution in [1.82, 2.24) is 9.88 Å². The molecule has 40 heavy (non-hydrogen) atoms. The van der Waals surface area contributed by atoms with E-state index in [1.807, 2.05) is 6.07 Å². The second-order valence-corrected chi connectivity index (χ2v) is 9.88. The van der Waals surface area contributed by atoms with Crippen LogP contribution >= 0.6 is 0 Å². The lowest BCUT2D eigenvalue weighted by Crippen LogP contribution is -2.52. The summed E-state index contributed by atoms with van der Waals surface area (Å²) in [6, 6.07) is 14.9. The van der Waals surface area contributed by atoms with Crippen molar-refractivity contribution in [3.05, 3.63) is 83.6 Å². The maximum absolute atomic E-state index is 14.0. The number of nitrogens with one attached hydrogen (secondary N) is 1. The number of pyridine rings is 1. The third kappa shape index (κ3) is 5.89. The molecule has 1 aliphatic heterocycles. The van der Waals surface area contributed by atoms with E-state index in [0.29, 0.717) is 5.56 Å². The van der Waals surface area contributed by atoms with Crippen molar-refractivity contribution >= 4 is 23.3 Å². The summed E-state index contributed by atoms with van der Waals surface area (Å²) in [5.41, 5.74) is -2.76. The number of hydrogen-bond acceptors (Lipinski definition) is 6. The van der Waals surface area contributed by atoms with Crippen molar-refractivity contribution < 1.29 is 32.6 Å². The number of nitrogens with zero attached hydrogens (tertiary/aromatic N) is 3. The molecule has 0 bridgehead atoms. The number of aliphatic hydroxyl groups is 1. The number of anilines is 2. The fraction of sp³-hybridized carbons (Fsp3) is 0.345. The van der Waals surface area contributed by atoms with Gasteiger partial charge in [0.1, 0.15) is 11.6 Å². The summed E-state index contributed by atoms with van der Waals surface area (Å²) in [5.74, 6) is -0.629. The Hall–Kier alpha value is -4.12. The van der Waals surface area contributed by atoms with Gasteiger partial charge in [0, 0.05) is 44.6 Å². The molecule has 1 saturated heterocycles. The number of ether oxygens (including phenoxy) is 1. The Morgan fingerprint density at radius 1 is 1.05 bits per heavy atom.